The van der Waals surface area contributed by atoms with Crippen molar-refractivity contribution in [2.75, 3.05) is 18.0 Å². The van der Waals surface area contributed by atoms with Crippen LogP contribution in [0.1, 0.15) is 12.1 Å². The highest BCUT2D eigenvalue weighted by Gasteiger charge is 2.42. The molecule has 30 heavy (non-hydrogen) atoms. The molecule has 158 valence electrons. The number of hydrogen-bond donors (Lipinski definition) is 2. The summed E-state index contributed by atoms with van der Waals surface area (Å²) in [6.45, 7) is -0.556. The fourth-order valence-electron chi connectivity index (χ4n) is 3.33. The fourth-order valence-corrected chi connectivity index (χ4v) is 3.33. The smallest absolute Gasteiger partial charge is 0.387 e. The number of imidazole rings is 1. The normalized spacial score (nSPS) is 19.2. The van der Waals surface area contributed by atoms with Crippen molar-refractivity contribution >= 4 is 17.3 Å². The van der Waals surface area contributed by atoms with E-state index in [-0.39, 0.29) is 35.4 Å². The Morgan fingerprint density at radius 3 is 2.67 bits per heavy atom. The highest BCUT2D eigenvalue weighted by Crippen LogP contribution is 2.33. The molecule has 4 rings (SSSR count). The van der Waals surface area contributed by atoms with Gasteiger partial charge in [0.15, 0.2) is 17.2 Å². The summed E-state index contributed by atoms with van der Waals surface area (Å²) < 4.78 is 68.4. The molecule has 0 spiro atoms. The number of nitrogens with one attached hydrogen (secondary N) is 1. The molecule has 13 heteroatoms. The van der Waals surface area contributed by atoms with Gasteiger partial charge in [-0.1, -0.05) is 0 Å². The van der Waals surface area contributed by atoms with E-state index in [0.717, 1.165) is 16.8 Å². The number of fused-ring (bicyclic) bond motifs is 1. The number of nitrogens with two attached hydrogens (primary N) is 1. The van der Waals surface area contributed by atoms with Crippen molar-refractivity contribution in [3.63, 3.8) is 0 Å². The van der Waals surface area contributed by atoms with E-state index in [1.807, 2.05) is 0 Å². The minimum absolute atomic E-state index is 0.00703. The maximum Gasteiger partial charge on any atom is 0.434 e. The number of piperidine rings is 1. The summed E-state index contributed by atoms with van der Waals surface area (Å²) in [5.74, 6) is -4.11. The molecule has 3 aromatic rings. The van der Waals surface area contributed by atoms with Gasteiger partial charge in [0.05, 0.1) is 24.8 Å². The lowest BCUT2D eigenvalue weighted by Gasteiger charge is -2.37. The third-order valence-corrected chi connectivity index (χ3v) is 4.73. The summed E-state index contributed by atoms with van der Waals surface area (Å²) in [4.78, 5) is 16.9. The van der Waals surface area contributed by atoms with Crippen molar-refractivity contribution in [3.05, 3.63) is 36.5 Å². The third kappa shape index (κ3) is 3.74. The monoisotopic (exact) mass is 426 g/mol. The van der Waals surface area contributed by atoms with Crippen LogP contribution in [0.5, 0.6) is 0 Å². The van der Waals surface area contributed by atoms with E-state index in [2.05, 4.69) is 19.9 Å². The molecule has 8 nitrogen and oxygen atoms in total. The zero-order valence-electron chi connectivity index (χ0n) is 15.2. The second-order valence-electron chi connectivity index (χ2n) is 6.97. The number of rotatable bonds is 3. The average Bonchev–Trinajstić information content (AvgIpc) is 3.09. The van der Waals surface area contributed by atoms with E-state index in [1.165, 1.54) is 23.4 Å². The molecule has 3 N–H and O–H groups in total. The van der Waals surface area contributed by atoms with Gasteiger partial charge >= 0.3 is 6.18 Å². The van der Waals surface area contributed by atoms with Gasteiger partial charge in [0, 0.05) is 31.3 Å². The van der Waals surface area contributed by atoms with Crippen LogP contribution in [0.4, 0.5) is 27.8 Å². The molecule has 0 bridgehead atoms. The highest BCUT2D eigenvalue weighted by molar-refractivity contribution is 5.80. The second kappa shape index (κ2) is 6.85. The molecule has 3 aromatic heterocycles. The van der Waals surface area contributed by atoms with E-state index in [4.69, 9.17) is 11.1 Å². The number of alkyl halides is 5. The van der Waals surface area contributed by atoms with Gasteiger partial charge in [0.1, 0.15) is 11.5 Å². The summed E-state index contributed by atoms with van der Waals surface area (Å²) in [6.07, 6.45) is -0.845. The van der Waals surface area contributed by atoms with Crippen molar-refractivity contribution in [1.29, 1.82) is 5.41 Å². The SMILES string of the molecule is N=C(N)C1CN(c2ccnc(-c3cnc4cnc(C(F)(F)F)cn34)n2)CC(F)(F)C1. The summed E-state index contributed by atoms with van der Waals surface area (Å²) >= 11 is 0. The Labute approximate surface area is 166 Å². The van der Waals surface area contributed by atoms with Crippen molar-refractivity contribution in [3.8, 4) is 11.5 Å². The Kier molecular flexibility index (Phi) is 4.55. The van der Waals surface area contributed by atoms with Crippen molar-refractivity contribution in [2.45, 2.75) is 18.5 Å². The molecule has 1 unspecified atom stereocenters. The highest BCUT2D eigenvalue weighted by atomic mass is 19.4. The van der Waals surface area contributed by atoms with Crippen LogP contribution in [-0.4, -0.2) is 49.2 Å². The van der Waals surface area contributed by atoms with Crippen LogP contribution in [0, 0.1) is 11.3 Å². The summed E-state index contributed by atoms with van der Waals surface area (Å²) in [7, 11) is 0. The van der Waals surface area contributed by atoms with E-state index >= 15 is 0 Å². The van der Waals surface area contributed by atoms with Crippen LogP contribution in [0.2, 0.25) is 0 Å². The number of halogens is 5. The Morgan fingerprint density at radius 1 is 1.20 bits per heavy atom. The number of nitrogens with zero attached hydrogens (tertiary/aromatic N) is 6. The predicted octanol–water partition coefficient (Wildman–Crippen LogP) is 2.60. The van der Waals surface area contributed by atoms with Gasteiger partial charge < -0.3 is 10.6 Å². The molecule has 0 saturated carbocycles. The number of hydrogen-bond acceptors (Lipinski definition) is 6. The van der Waals surface area contributed by atoms with Gasteiger partial charge in [-0.3, -0.25) is 9.81 Å². The zero-order chi connectivity index (χ0) is 21.7. The molecule has 4 heterocycles. The topological polar surface area (TPSA) is 109 Å². The summed E-state index contributed by atoms with van der Waals surface area (Å²) in [5, 5.41) is 7.51. The molecule has 1 atom stereocenters. The first-order chi connectivity index (χ1) is 14.0. The maximum atomic E-state index is 14.1. The van der Waals surface area contributed by atoms with Crippen LogP contribution in [0.25, 0.3) is 17.2 Å². The van der Waals surface area contributed by atoms with E-state index in [0.29, 0.717) is 0 Å². The second-order valence-corrected chi connectivity index (χ2v) is 6.97. The van der Waals surface area contributed by atoms with E-state index in [1.54, 1.807) is 0 Å². The number of anilines is 1. The lowest BCUT2D eigenvalue weighted by molar-refractivity contribution is -0.141. The Morgan fingerprint density at radius 2 is 1.97 bits per heavy atom. The van der Waals surface area contributed by atoms with Gasteiger partial charge in [-0.05, 0) is 6.07 Å². The molecule has 0 aromatic carbocycles. The van der Waals surface area contributed by atoms with Crippen molar-refractivity contribution in [1.82, 2.24) is 24.3 Å². The molecule has 1 saturated heterocycles. The minimum atomic E-state index is -4.65. The predicted molar refractivity (Wildman–Crippen MR) is 96.2 cm³/mol. The Balaban J connectivity index is 1.73. The standard InChI is InChI=1S/C17H15F5N8/c18-16(19)3-9(14(23)24)6-29(8-16)12-1-2-25-15(28-12)10-4-27-13-5-26-11(7-30(10)13)17(20,21)22/h1-2,4-5,7,9H,3,6,8H2,(H3,23,24). The van der Waals surface area contributed by atoms with Gasteiger partial charge in [-0.2, -0.15) is 13.2 Å². The van der Waals surface area contributed by atoms with E-state index < -0.39 is 36.7 Å². The average molecular weight is 426 g/mol. The summed E-state index contributed by atoms with van der Waals surface area (Å²) in [5.41, 5.74) is 4.60. The molecular weight excluding hydrogens is 411 g/mol. The Bertz CT molecular complexity index is 1110. The van der Waals surface area contributed by atoms with Crippen LogP contribution >= 0.6 is 0 Å². The largest absolute Gasteiger partial charge is 0.434 e. The zero-order valence-corrected chi connectivity index (χ0v) is 15.2. The molecule has 1 fully saturated rings. The molecule has 0 amide bonds. The number of amidine groups is 1. The first kappa shape index (κ1) is 19.9. The first-order valence-electron chi connectivity index (χ1n) is 8.74. The minimum Gasteiger partial charge on any atom is -0.387 e. The lowest BCUT2D eigenvalue weighted by atomic mass is 9.94. The van der Waals surface area contributed by atoms with Gasteiger partial charge in [0.2, 0.25) is 0 Å². The molecule has 0 aliphatic carbocycles. The lowest BCUT2D eigenvalue weighted by Crippen LogP contribution is -2.50. The van der Waals surface area contributed by atoms with Gasteiger partial charge in [-0.25, -0.2) is 28.7 Å². The van der Waals surface area contributed by atoms with Crippen LogP contribution in [-0.2, 0) is 6.18 Å². The maximum absolute atomic E-state index is 14.1. The van der Waals surface area contributed by atoms with Crippen molar-refractivity contribution < 1.29 is 22.0 Å². The van der Waals surface area contributed by atoms with Crippen LogP contribution in [0.15, 0.2) is 30.9 Å². The van der Waals surface area contributed by atoms with Crippen LogP contribution in [0.3, 0.4) is 0 Å². The third-order valence-electron chi connectivity index (χ3n) is 4.73. The quantitative estimate of drug-likeness (QED) is 0.379. The fraction of sp³-hybridized carbons (Fsp3) is 0.353. The molecule has 1 aliphatic rings. The van der Waals surface area contributed by atoms with Crippen molar-refractivity contribution in [2.24, 2.45) is 11.7 Å². The summed E-state index contributed by atoms with van der Waals surface area (Å²) in [6, 6.07) is 1.41. The molecule has 1 aliphatic heterocycles. The molecular formula is C17H15F5N8. The van der Waals surface area contributed by atoms with Crippen LogP contribution < -0.4 is 10.6 Å². The number of aromatic nitrogens is 5. The van der Waals surface area contributed by atoms with Gasteiger partial charge in [0.25, 0.3) is 5.92 Å². The van der Waals surface area contributed by atoms with Gasteiger partial charge in [-0.15, -0.1) is 0 Å². The first-order valence-corrected chi connectivity index (χ1v) is 8.74. The van der Waals surface area contributed by atoms with E-state index in [9.17, 15) is 22.0 Å². The molecule has 0 radical (unpaired) electrons. The Hall–Kier alpha value is -3.38.